The number of aliphatic hydroxyl groups excluding tert-OH is 1. The standard InChI is InChI=1S/C13H19NO2/c1-4-10-5-6-12-11(7-10)14(3)9(2)13(8-15)16-12/h5-7,9,13,15H,4,8H2,1-3H3. The summed E-state index contributed by atoms with van der Waals surface area (Å²) in [6, 6.07) is 6.44. The Morgan fingerprint density at radius 1 is 1.44 bits per heavy atom. The molecule has 1 N–H and O–H groups in total. The molecule has 88 valence electrons. The number of fused-ring (bicyclic) bond motifs is 1. The Labute approximate surface area is 96.6 Å². The van der Waals surface area contributed by atoms with Gasteiger partial charge in [0.15, 0.2) is 0 Å². The highest BCUT2D eigenvalue weighted by Gasteiger charge is 2.29. The lowest BCUT2D eigenvalue weighted by molar-refractivity contribution is 0.0889. The zero-order valence-corrected chi connectivity index (χ0v) is 10.1. The van der Waals surface area contributed by atoms with Crippen LogP contribution < -0.4 is 9.64 Å². The van der Waals surface area contributed by atoms with E-state index in [0.29, 0.717) is 0 Å². The fraction of sp³-hybridized carbons (Fsp3) is 0.538. The average Bonchev–Trinajstić information content (AvgIpc) is 2.33. The SMILES string of the molecule is CCc1ccc2c(c1)N(C)C(C)C(CO)O2. The van der Waals surface area contributed by atoms with E-state index in [1.54, 1.807) is 0 Å². The number of anilines is 1. The molecular formula is C13H19NO2. The Morgan fingerprint density at radius 2 is 2.19 bits per heavy atom. The van der Waals surface area contributed by atoms with Gasteiger partial charge in [-0.3, -0.25) is 0 Å². The maximum Gasteiger partial charge on any atom is 0.143 e. The summed E-state index contributed by atoms with van der Waals surface area (Å²) in [5, 5.41) is 9.25. The van der Waals surface area contributed by atoms with Crippen molar-refractivity contribution in [1.29, 1.82) is 0 Å². The first kappa shape index (κ1) is 11.3. The largest absolute Gasteiger partial charge is 0.484 e. The first-order valence-electron chi connectivity index (χ1n) is 5.80. The third-order valence-corrected chi connectivity index (χ3v) is 3.42. The minimum atomic E-state index is -0.134. The molecule has 1 aliphatic heterocycles. The van der Waals surface area contributed by atoms with Crippen molar-refractivity contribution in [3.05, 3.63) is 23.8 Å². The van der Waals surface area contributed by atoms with Crippen LogP contribution >= 0.6 is 0 Å². The van der Waals surface area contributed by atoms with E-state index < -0.39 is 0 Å². The van der Waals surface area contributed by atoms with Gasteiger partial charge < -0.3 is 14.7 Å². The lowest BCUT2D eigenvalue weighted by Gasteiger charge is -2.39. The number of nitrogens with zero attached hydrogens (tertiary/aromatic N) is 1. The first-order chi connectivity index (χ1) is 7.67. The molecule has 2 rings (SSSR count). The van der Waals surface area contributed by atoms with Crippen molar-refractivity contribution in [3.8, 4) is 5.75 Å². The Hall–Kier alpha value is -1.22. The van der Waals surface area contributed by atoms with Gasteiger partial charge >= 0.3 is 0 Å². The predicted octanol–water partition coefficient (Wildman–Crippen LogP) is 1.83. The zero-order valence-electron chi connectivity index (χ0n) is 10.1. The van der Waals surface area contributed by atoms with Gasteiger partial charge in [0, 0.05) is 7.05 Å². The molecule has 0 saturated heterocycles. The molecule has 0 aliphatic carbocycles. The predicted molar refractivity (Wildman–Crippen MR) is 65.2 cm³/mol. The highest BCUT2D eigenvalue weighted by molar-refractivity contribution is 5.62. The minimum Gasteiger partial charge on any atom is -0.484 e. The van der Waals surface area contributed by atoms with E-state index in [9.17, 15) is 5.11 Å². The van der Waals surface area contributed by atoms with Gasteiger partial charge in [-0.25, -0.2) is 0 Å². The molecule has 0 saturated carbocycles. The smallest absolute Gasteiger partial charge is 0.143 e. The van der Waals surface area contributed by atoms with Gasteiger partial charge in [0.25, 0.3) is 0 Å². The van der Waals surface area contributed by atoms with Crippen molar-refractivity contribution in [3.63, 3.8) is 0 Å². The summed E-state index contributed by atoms with van der Waals surface area (Å²) in [4.78, 5) is 2.18. The van der Waals surface area contributed by atoms with Gasteiger partial charge in [0.2, 0.25) is 0 Å². The molecule has 3 heteroatoms. The van der Waals surface area contributed by atoms with Crippen LogP contribution in [0.5, 0.6) is 5.75 Å². The average molecular weight is 221 g/mol. The molecule has 0 radical (unpaired) electrons. The lowest BCUT2D eigenvalue weighted by Crippen LogP contribution is -2.47. The quantitative estimate of drug-likeness (QED) is 0.827. The summed E-state index contributed by atoms with van der Waals surface area (Å²) >= 11 is 0. The van der Waals surface area contributed by atoms with Crippen molar-refractivity contribution in [2.75, 3.05) is 18.6 Å². The number of hydrogen-bond donors (Lipinski definition) is 1. The van der Waals surface area contributed by atoms with Crippen molar-refractivity contribution in [1.82, 2.24) is 0 Å². The summed E-state index contributed by atoms with van der Waals surface area (Å²) in [5.41, 5.74) is 2.43. The van der Waals surface area contributed by atoms with Gasteiger partial charge in [-0.2, -0.15) is 0 Å². The summed E-state index contributed by atoms with van der Waals surface area (Å²) in [7, 11) is 2.05. The molecule has 16 heavy (non-hydrogen) atoms. The Bertz CT molecular complexity index is 378. The zero-order chi connectivity index (χ0) is 11.7. The summed E-state index contributed by atoms with van der Waals surface area (Å²) < 4.78 is 5.77. The van der Waals surface area contributed by atoms with Gasteiger partial charge in [-0.05, 0) is 31.0 Å². The number of benzene rings is 1. The van der Waals surface area contributed by atoms with E-state index in [1.165, 1.54) is 5.56 Å². The number of ether oxygens (including phenoxy) is 1. The van der Waals surface area contributed by atoms with Crippen LogP contribution in [0, 0.1) is 0 Å². The number of aliphatic hydroxyl groups is 1. The molecule has 0 bridgehead atoms. The molecule has 0 fully saturated rings. The van der Waals surface area contributed by atoms with E-state index in [1.807, 2.05) is 13.1 Å². The summed E-state index contributed by atoms with van der Waals surface area (Å²) in [6.07, 6.45) is 0.892. The number of hydrogen-bond acceptors (Lipinski definition) is 3. The molecule has 0 aromatic heterocycles. The highest BCUT2D eigenvalue weighted by atomic mass is 16.5. The van der Waals surface area contributed by atoms with Gasteiger partial charge in [0.1, 0.15) is 11.9 Å². The van der Waals surface area contributed by atoms with E-state index in [-0.39, 0.29) is 18.8 Å². The number of likely N-dealkylation sites (N-methyl/N-ethyl adjacent to an activating group) is 1. The number of rotatable bonds is 2. The molecule has 2 atom stereocenters. The first-order valence-corrected chi connectivity index (χ1v) is 5.80. The highest BCUT2D eigenvalue weighted by Crippen LogP contribution is 2.35. The second-order valence-electron chi connectivity index (χ2n) is 4.35. The van der Waals surface area contributed by atoms with E-state index >= 15 is 0 Å². The molecule has 3 nitrogen and oxygen atoms in total. The van der Waals surface area contributed by atoms with Crippen LogP contribution in [0.15, 0.2) is 18.2 Å². The molecule has 0 amide bonds. The third kappa shape index (κ3) is 1.76. The van der Waals surface area contributed by atoms with E-state index in [4.69, 9.17) is 4.74 Å². The summed E-state index contributed by atoms with van der Waals surface area (Å²) in [6.45, 7) is 4.27. The van der Waals surface area contributed by atoms with Crippen LogP contribution in [0.2, 0.25) is 0 Å². The number of aryl methyl sites for hydroxylation is 1. The fourth-order valence-electron chi connectivity index (χ4n) is 2.08. The van der Waals surface area contributed by atoms with Crippen molar-refractivity contribution in [2.45, 2.75) is 32.4 Å². The second-order valence-corrected chi connectivity index (χ2v) is 4.35. The molecule has 0 spiro atoms. The molecule has 2 unspecified atom stereocenters. The van der Waals surface area contributed by atoms with Gasteiger partial charge in [0.05, 0.1) is 18.3 Å². The van der Waals surface area contributed by atoms with Crippen molar-refractivity contribution >= 4 is 5.69 Å². The van der Waals surface area contributed by atoms with E-state index in [2.05, 4.69) is 30.9 Å². The molecule has 1 aliphatic rings. The van der Waals surface area contributed by atoms with Crippen LogP contribution in [0.1, 0.15) is 19.4 Å². The van der Waals surface area contributed by atoms with Crippen molar-refractivity contribution in [2.24, 2.45) is 0 Å². The normalized spacial score (nSPS) is 23.9. The van der Waals surface area contributed by atoms with Gasteiger partial charge in [-0.15, -0.1) is 0 Å². The molecule has 1 aromatic carbocycles. The second kappa shape index (κ2) is 4.34. The summed E-state index contributed by atoms with van der Waals surface area (Å²) in [5.74, 6) is 0.872. The van der Waals surface area contributed by atoms with Crippen LogP contribution in [-0.2, 0) is 6.42 Å². The minimum absolute atomic E-state index is 0.0560. The van der Waals surface area contributed by atoms with Crippen LogP contribution in [0.25, 0.3) is 0 Å². The topological polar surface area (TPSA) is 32.7 Å². The Kier molecular flexibility index (Phi) is 3.06. The molecule has 1 heterocycles. The fourth-order valence-corrected chi connectivity index (χ4v) is 2.08. The van der Waals surface area contributed by atoms with Crippen LogP contribution in [-0.4, -0.2) is 30.9 Å². The van der Waals surface area contributed by atoms with Crippen LogP contribution in [0.3, 0.4) is 0 Å². The third-order valence-electron chi connectivity index (χ3n) is 3.42. The lowest BCUT2D eigenvalue weighted by atomic mass is 10.1. The van der Waals surface area contributed by atoms with Crippen LogP contribution in [0.4, 0.5) is 5.69 Å². The van der Waals surface area contributed by atoms with Gasteiger partial charge in [-0.1, -0.05) is 13.0 Å². The van der Waals surface area contributed by atoms with E-state index in [0.717, 1.165) is 17.9 Å². The molecular weight excluding hydrogens is 202 g/mol. The maximum absolute atomic E-state index is 9.25. The monoisotopic (exact) mass is 221 g/mol. The van der Waals surface area contributed by atoms with Crippen molar-refractivity contribution < 1.29 is 9.84 Å². The Morgan fingerprint density at radius 3 is 2.81 bits per heavy atom. The molecule has 1 aromatic rings. The Balaban J connectivity index is 2.38. The maximum atomic E-state index is 9.25.